The monoisotopic (exact) mass is 195 g/mol. The molecule has 3 nitrogen and oxygen atoms in total. The van der Waals surface area contributed by atoms with Gasteiger partial charge in [0.05, 0.1) is 13.1 Å². The summed E-state index contributed by atoms with van der Waals surface area (Å²) in [7, 11) is 0.500. The fourth-order valence-corrected chi connectivity index (χ4v) is 1.36. The molecule has 1 aliphatic heterocycles. The van der Waals surface area contributed by atoms with Gasteiger partial charge in [-0.3, -0.25) is 14.1 Å². The first-order valence-corrected chi connectivity index (χ1v) is 4.13. The molecule has 0 aromatic rings. The predicted octanol–water partition coefficient (Wildman–Crippen LogP) is 0.948. The van der Waals surface area contributed by atoms with Gasteiger partial charge in [0.15, 0.2) is 0 Å². The summed E-state index contributed by atoms with van der Waals surface area (Å²) in [5.41, 5.74) is 0. The number of hydrogen-bond donors (Lipinski definition) is 1. The lowest BCUT2D eigenvalue weighted by atomic mass is 10.1. The summed E-state index contributed by atoms with van der Waals surface area (Å²) in [6.45, 7) is 1.23. The Balaban J connectivity index is 0.000000671. The molecule has 1 N–H and O–H groups in total. The Morgan fingerprint density at radius 1 is 1.62 bits per heavy atom. The van der Waals surface area contributed by atoms with E-state index in [1.165, 1.54) is 0 Å². The Kier molecular flexibility index (Phi) is 6.40. The summed E-state index contributed by atoms with van der Waals surface area (Å²) in [6.07, 6.45) is 0.662. The van der Waals surface area contributed by atoms with Crippen LogP contribution in [0.5, 0.6) is 0 Å². The summed E-state index contributed by atoms with van der Waals surface area (Å²) in [6, 6.07) is 0. The Morgan fingerprint density at radius 3 is 2.62 bits per heavy atom. The van der Waals surface area contributed by atoms with Gasteiger partial charge in [-0.05, 0) is 13.0 Å². The largest absolute Gasteiger partial charge is 0.481 e. The van der Waals surface area contributed by atoms with Gasteiger partial charge in [0.2, 0.25) is 0 Å². The third-order valence-corrected chi connectivity index (χ3v) is 2.02. The highest BCUT2D eigenvalue weighted by molar-refractivity contribution is 5.70. The van der Waals surface area contributed by atoms with Crippen molar-refractivity contribution in [1.82, 2.24) is 4.90 Å². The van der Waals surface area contributed by atoms with E-state index in [1.54, 1.807) is 0 Å². The lowest BCUT2D eigenvalue weighted by Gasteiger charge is -2.11. The van der Waals surface area contributed by atoms with E-state index in [0.29, 0.717) is 26.7 Å². The summed E-state index contributed by atoms with van der Waals surface area (Å²) >= 11 is 0. The number of alkyl halides is 2. The molecule has 13 heavy (non-hydrogen) atoms. The van der Waals surface area contributed by atoms with Crippen LogP contribution in [0.2, 0.25) is 0 Å². The van der Waals surface area contributed by atoms with E-state index in [1.807, 2.05) is 4.90 Å². The number of rotatable bonds is 3. The number of halogens is 2. The molecule has 78 valence electrons. The maximum absolute atomic E-state index is 11.8. The van der Waals surface area contributed by atoms with Crippen LogP contribution in [-0.2, 0) is 4.79 Å². The molecular formula is C8H15F2NO2. The first kappa shape index (κ1) is 12.3. The highest BCUT2D eigenvalue weighted by atomic mass is 19.1. The fourth-order valence-electron chi connectivity index (χ4n) is 1.36. The molecular weight excluding hydrogens is 180 g/mol. The molecule has 1 atom stereocenters. The number of carboxylic acids is 1. The molecule has 0 bridgehead atoms. The van der Waals surface area contributed by atoms with Crippen LogP contribution in [0.3, 0.4) is 0 Å². The first-order valence-electron chi connectivity index (χ1n) is 4.13. The van der Waals surface area contributed by atoms with E-state index in [0.717, 1.165) is 6.54 Å². The van der Waals surface area contributed by atoms with Crippen molar-refractivity contribution < 1.29 is 18.7 Å². The standard InChI is InChI=1S/C7H12FNO2.CH3F/c8-2-4-9-3-1-6(5-9)7(10)11;1-2/h6H,1-5H2,(H,10,11);1H3. The van der Waals surface area contributed by atoms with Crippen LogP contribution >= 0.6 is 0 Å². The van der Waals surface area contributed by atoms with Crippen LogP contribution in [0.25, 0.3) is 0 Å². The van der Waals surface area contributed by atoms with Crippen molar-refractivity contribution in [3.05, 3.63) is 0 Å². The molecule has 0 aromatic heterocycles. The molecule has 0 radical (unpaired) electrons. The number of likely N-dealkylation sites (tertiary alicyclic amines) is 1. The summed E-state index contributed by atoms with van der Waals surface area (Å²) < 4.78 is 21.3. The Hall–Kier alpha value is -0.710. The zero-order chi connectivity index (χ0) is 10.3. The zero-order valence-corrected chi connectivity index (χ0v) is 7.67. The molecule has 0 aliphatic carbocycles. The average Bonchev–Trinajstić information content (AvgIpc) is 2.57. The van der Waals surface area contributed by atoms with Crippen molar-refractivity contribution in [3.8, 4) is 0 Å². The second-order valence-corrected chi connectivity index (χ2v) is 2.81. The Labute approximate surface area is 76.3 Å². The second kappa shape index (κ2) is 6.77. The van der Waals surface area contributed by atoms with Crippen molar-refractivity contribution >= 4 is 5.97 Å². The number of carboxylic acid groups (broad SMARTS) is 1. The fraction of sp³-hybridized carbons (Fsp3) is 0.875. The molecule has 1 fully saturated rings. The maximum Gasteiger partial charge on any atom is 0.307 e. The predicted molar refractivity (Wildman–Crippen MR) is 45.2 cm³/mol. The topological polar surface area (TPSA) is 40.5 Å². The van der Waals surface area contributed by atoms with E-state index in [4.69, 9.17) is 5.11 Å². The van der Waals surface area contributed by atoms with Gasteiger partial charge in [0, 0.05) is 13.1 Å². The van der Waals surface area contributed by atoms with Crippen molar-refractivity contribution in [2.45, 2.75) is 6.42 Å². The van der Waals surface area contributed by atoms with Gasteiger partial charge in [0.1, 0.15) is 6.67 Å². The van der Waals surface area contributed by atoms with E-state index in [-0.39, 0.29) is 12.6 Å². The molecule has 1 rings (SSSR count). The van der Waals surface area contributed by atoms with Crippen LogP contribution in [0.4, 0.5) is 8.78 Å². The molecule has 5 heteroatoms. The minimum Gasteiger partial charge on any atom is -0.481 e. The highest BCUT2D eigenvalue weighted by Gasteiger charge is 2.27. The van der Waals surface area contributed by atoms with E-state index in [9.17, 15) is 13.6 Å². The molecule has 1 aliphatic rings. The Bertz CT molecular complexity index is 155. The van der Waals surface area contributed by atoms with Crippen molar-refractivity contribution in [2.24, 2.45) is 5.92 Å². The van der Waals surface area contributed by atoms with Crippen LogP contribution in [-0.4, -0.2) is 49.5 Å². The third kappa shape index (κ3) is 4.17. The highest BCUT2D eigenvalue weighted by Crippen LogP contribution is 2.15. The van der Waals surface area contributed by atoms with Crippen LogP contribution in [0, 0.1) is 5.92 Å². The zero-order valence-electron chi connectivity index (χ0n) is 7.67. The molecule has 0 spiro atoms. The number of aliphatic carboxylic acids is 1. The van der Waals surface area contributed by atoms with Gasteiger partial charge in [-0.15, -0.1) is 0 Å². The average molecular weight is 195 g/mol. The van der Waals surface area contributed by atoms with Gasteiger partial charge < -0.3 is 5.11 Å². The maximum atomic E-state index is 11.8. The van der Waals surface area contributed by atoms with Crippen LogP contribution < -0.4 is 0 Å². The van der Waals surface area contributed by atoms with Crippen molar-refractivity contribution in [3.63, 3.8) is 0 Å². The first-order chi connectivity index (χ1) is 6.24. The quantitative estimate of drug-likeness (QED) is 0.728. The van der Waals surface area contributed by atoms with Crippen LogP contribution in [0.15, 0.2) is 0 Å². The van der Waals surface area contributed by atoms with Gasteiger partial charge in [-0.2, -0.15) is 0 Å². The summed E-state index contributed by atoms with van der Waals surface area (Å²) in [5, 5.41) is 8.58. The van der Waals surface area contributed by atoms with E-state index >= 15 is 0 Å². The molecule has 0 amide bonds. The van der Waals surface area contributed by atoms with Gasteiger partial charge in [0.25, 0.3) is 0 Å². The SMILES string of the molecule is CF.O=C(O)C1CCN(CCF)C1. The minimum absolute atomic E-state index is 0.276. The summed E-state index contributed by atoms with van der Waals surface area (Å²) in [5.74, 6) is -1.03. The molecule has 1 unspecified atom stereocenters. The molecule has 0 saturated carbocycles. The smallest absolute Gasteiger partial charge is 0.307 e. The lowest BCUT2D eigenvalue weighted by Crippen LogP contribution is -2.25. The van der Waals surface area contributed by atoms with E-state index < -0.39 is 5.97 Å². The normalized spacial score (nSPS) is 22.2. The van der Waals surface area contributed by atoms with Crippen LogP contribution in [0.1, 0.15) is 6.42 Å². The van der Waals surface area contributed by atoms with Crippen molar-refractivity contribution in [1.29, 1.82) is 0 Å². The Morgan fingerprint density at radius 2 is 2.23 bits per heavy atom. The molecule has 1 heterocycles. The number of carbonyl (C=O) groups is 1. The molecule has 0 aromatic carbocycles. The van der Waals surface area contributed by atoms with E-state index in [2.05, 4.69) is 0 Å². The second-order valence-electron chi connectivity index (χ2n) is 2.81. The lowest BCUT2D eigenvalue weighted by molar-refractivity contribution is -0.141. The molecule has 1 saturated heterocycles. The number of nitrogens with zero attached hydrogens (tertiary/aromatic N) is 1. The minimum atomic E-state index is -0.758. The van der Waals surface area contributed by atoms with Gasteiger partial charge >= 0.3 is 5.97 Å². The van der Waals surface area contributed by atoms with Crippen molar-refractivity contribution in [2.75, 3.05) is 33.5 Å². The van der Waals surface area contributed by atoms with Gasteiger partial charge in [-0.25, -0.2) is 4.39 Å². The third-order valence-electron chi connectivity index (χ3n) is 2.02. The van der Waals surface area contributed by atoms with Gasteiger partial charge in [-0.1, -0.05) is 0 Å². The number of hydrogen-bond acceptors (Lipinski definition) is 2. The summed E-state index contributed by atoms with van der Waals surface area (Å²) in [4.78, 5) is 12.3.